The lowest BCUT2D eigenvalue weighted by Crippen LogP contribution is -2.33. The first kappa shape index (κ1) is 18.6. The number of Topliss-reactive ketones (excluding diaryl/α,β-unsaturated/α-hetero) is 1. The summed E-state index contributed by atoms with van der Waals surface area (Å²) in [4.78, 5) is 31.5. The van der Waals surface area contributed by atoms with E-state index in [1.165, 1.54) is 12.0 Å². The van der Waals surface area contributed by atoms with Crippen molar-refractivity contribution in [2.45, 2.75) is 26.8 Å². The summed E-state index contributed by atoms with van der Waals surface area (Å²) >= 11 is 0. The van der Waals surface area contributed by atoms with E-state index in [9.17, 15) is 14.7 Å². The number of ketones is 1. The number of carbonyl (C=O) groups is 2. The highest BCUT2D eigenvalue weighted by Gasteiger charge is 2.47. The second kappa shape index (κ2) is 6.87. The maximum absolute atomic E-state index is 13.1. The van der Waals surface area contributed by atoms with Gasteiger partial charge in [0, 0.05) is 17.8 Å². The molecule has 2 heterocycles. The molecule has 0 fully saturated rings. The van der Waals surface area contributed by atoms with Crippen molar-refractivity contribution in [1.82, 2.24) is 4.98 Å². The largest absolute Gasteiger partial charge is 0.503 e. The van der Waals surface area contributed by atoms with Gasteiger partial charge in [0.2, 0.25) is 0 Å². The van der Waals surface area contributed by atoms with Gasteiger partial charge < -0.3 is 9.84 Å². The van der Waals surface area contributed by atoms with Crippen LogP contribution in [0.15, 0.2) is 60.1 Å². The Bertz CT molecular complexity index is 913. The normalized spacial score (nSPS) is 17.4. The van der Waals surface area contributed by atoms with Gasteiger partial charge in [0.1, 0.15) is 5.75 Å². The Morgan fingerprint density at radius 2 is 1.78 bits per heavy atom. The van der Waals surface area contributed by atoms with Crippen molar-refractivity contribution in [3.05, 3.63) is 65.7 Å². The molecule has 0 radical (unpaired) electrons. The van der Waals surface area contributed by atoms with Gasteiger partial charge in [-0.05, 0) is 29.8 Å². The van der Waals surface area contributed by atoms with Crippen molar-refractivity contribution in [2.75, 3.05) is 12.0 Å². The molecule has 0 aliphatic carbocycles. The van der Waals surface area contributed by atoms with Crippen LogP contribution in [-0.4, -0.2) is 28.9 Å². The zero-order chi connectivity index (χ0) is 19.8. The van der Waals surface area contributed by atoms with Crippen LogP contribution in [0.1, 0.15) is 32.4 Å². The minimum atomic E-state index is -0.761. The molecule has 3 rings (SSSR count). The number of amides is 1. The molecule has 140 valence electrons. The Balaban J connectivity index is 2.23. The number of hydrogen-bond acceptors (Lipinski definition) is 5. The number of carbonyl (C=O) groups excluding carboxylic acids is 2. The predicted octanol–water partition coefficient (Wildman–Crippen LogP) is 3.61. The highest BCUT2D eigenvalue weighted by molar-refractivity contribution is 6.17. The molecular formula is C21H22N2O4. The SMILES string of the molecule is COc1ccccc1N1C(=O)C(O)=C(C(=O)C(C)(C)C)C1c1ccncc1. The number of anilines is 1. The van der Waals surface area contributed by atoms with Gasteiger partial charge in [-0.3, -0.25) is 19.5 Å². The Hall–Kier alpha value is -3.15. The van der Waals surface area contributed by atoms with E-state index >= 15 is 0 Å². The van der Waals surface area contributed by atoms with Gasteiger partial charge in [0.25, 0.3) is 5.91 Å². The lowest BCUT2D eigenvalue weighted by Gasteiger charge is -2.29. The fraction of sp³-hybridized carbons (Fsp3) is 0.286. The molecule has 0 saturated carbocycles. The standard InChI is InChI=1S/C21H22N2O4/c1-21(2,3)19(25)16-17(13-9-11-22-12-10-13)23(20(26)18(16)24)14-7-5-6-8-15(14)27-4/h5-12,17,24H,1-4H3. The van der Waals surface area contributed by atoms with E-state index in [2.05, 4.69) is 4.98 Å². The molecule has 6 heteroatoms. The number of methoxy groups -OCH3 is 1. The van der Waals surface area contributed by atoms with Gasteiger partial charge in [-0.25, -0.2) is 0 Å². The van der Waals surface area contributed by atoms with Gasteiger partial charge in [0.15, 0.2) is 11.5 Å². The number of hydrogen-bond donors (Lipinski definition) is 1. The minimum absolute atomic E-state index is 0.0876. The Kier molecular flexibility index (Phi) is 4.74. The van der Waals surface area contributed by atoms with Crippen LogP contribution in [0.2, 0.25) is 0 Å². The number of nitrogens with zero attached hydrogens (tertiary/aromatic N) is 2. The van der Waals surface area contributed by atoms with Gasteiger partial charge in [-0.1, -0.05) is 32.9 Å². The molecule has 0 spiro atoms. The van der Waals surface area contributed by atoms with Crippen molar-refractivity contribution in [3.8, 4) is 5.75 Å². The molecule has 1 atom stereocenters. The molecule has 27 heavy (non-hydrogen) atoms. The lowest BCUT2D eigenvalue weighted by molar-refractivity contribution is -0.123. The van der Waals surface area contributed by atoms with E-state index < -0.39 is 23.1 Å². The van der Waals surface area contributed by atoms with Crippen LogP contribution >= 0.6 is 0 Å². The molecule has 1 aromatic carbocycles. The summed E-state index contributed by atoms with van der Waals surface area (Å²) in [5.74, 6) is -0.966. The quantitative estimate of drug-likeness (QED) is 0.894. The molecule has 0 bridgehead atoms. The van der Waals surface area contributed by atoms with E-state index in [-0.39, 0.29) is 11.4 Å². The fourth-order valence-corrected chi connectivity index (χ4v) is 3.18. The maximum Gasteiger partial charge on any atom is 0.294 e. The highest BCUT2D eigenvalue weighted by atomic mass is 16.5. The molecule has 2 aromatic rings. The van der Waals surface area contributed by atoms with Crippen molar-refractivity contribution < 1.29 is 19.4 Å². The van der Waals surface area contributed by atoms with Gasteiger partial charge in [0.05, 0.1) is 24.4 Å². The average molecular weight is 366 g/mol. The number of pyridine rings is 1. The molecule has 0 saturated heterocycles. The van der Waals surface area contributed by atoms with Crippen molar-refractivity contribution >= 4 is 17.4 Å². The molecular weight excluding hydrogens is 344 g/mol. The third-order valence-corrected chi connectivity index (χ3v) is 4.50. The van der Waals surface area contributed by atoms with Crippen LogP contribution < -0.4 is 9.64 Å². The van der Waals surface area contributed by atoms with Crippen LogP contribution in [0, 0.1) is 5.41 Å². The lowest BCUT2D eigenvalue weighted by atomic mass is 9.82. The maximum atomic E-state index is 13.1. The van der Waals surface area contributed by atoms with Gasteiger partial charge in [-0.15, -0.1) is 0 Å². The summed E-state index contributed by atoms with van der Waals surface area (Å²) in [6.45, 7) is 5.28. The zero-order valence-electron chi connectivity index (χ0n) is 15.8. The van der Waals surface area contributed by atoms with Crippen LogP contribution in [0.4, 0.5) is 5.69 Å². The van der Waals surface area contributed by atoms with Crippen molar-refractivity contribution in [2.24, 2.45) is 5.41 Å². The smallest absolute Gasteiger partial charge is 0.294 e. The van der Waals surface area contributed by atoms with E-state index in [1.54, 1.807) is 69.6 Å². The summed E-state index contributed by atoms with van der Waals surface area (Å²) in [7, 11) is 1.51. The summed E-state index contributed by atoms with van der Waals surface area (Å²) in [6, 6.07) is 9.72. The van der Waals surface area contributed by atoms with Gasteiger partial charge >= 0.3 is 0 Å². The van der Waals surface area contributed by atoms with Crippen molar-refractivity contribution in [1.29, 1.82) is 0 Å². The predicted molar refractivity (Wildman–Crippen MR) is 102 cm³/mol. The summed E-state index contributed by atoms with van der Waals surface area (Å²) in [6.07, 6.45) is 3.18. The summed E-state index contributed by atoms with van der Waals surface area (Å²) in [5, 5.41) is 10.6. The van der Waals surface area contributed by atoms with Crippen molar-refractivity contribution in [3.63, 3.8) is 0 Å². The van der Waals surface area contributed by atoms with Gasteiger partial charge in [-0.2, -0.15) is 0 Å². The average Bonchev–Trinajstić information content (AvgIpc) is 2.92. The second-order valence-electron chi connectivity index (χ2n) is 7.37. The van der Waals surface area contributed by atoms with Crippen LogP contribution in [0.3, 0.4) is 0 Å². The van der Waals surface area contributed by atoms with Crippen LogP contribution in [0.25, 0.3) is 0 Å². The van der Waals surface area contributed by atoms with E-state index in [4.69, 9.17) is 4.74 Å². The third-order valence-electron chi connectivity index (χ3n) is 4.50. The number of ether oxygens (including phenoxy) is 1. The fourth-order valence-electron chi connectivity index (χ4n) is 3.18. The topological polar surface area (TPSA) is 79.7 Å². The molecule has 1 aliphatic rings. The number of para-hydroxylation sites is 2. The number of aromatic nitrogens is 1. The first-order valence-electron chi connectivity index (χ1n) is 8.61. The van der Waals surface area contributed by atoms with E-state index in [0.717, 1.165) is 0 Å². The monoisotopic (exact) mass is 366 g/mol. The zero-order valence-corrected chi connectivity index (χ0v) is 15.8. The number of benzene rings is 1. The molecule has 1 aliphatic heterocycles. The number of aliphatic hydroxyl groups is 1. The Morgan fingerprint density at radius 3 is 2.37 bits per heavy atom. The highest BCUT2D eigenvalue weighted by Crippen LogP contribution is 2.45. The van der Waals surface area contributed by atoms with Crippen LogP contribution in [0.5, 0.6) is 5.75 Å². The Morgan fingerprint density at radius 1 is 1.15 bits per heavy atom. The second-order valence-corrected chi connectivity index (χ2v) is 7.37. The number of aliphatic hydroxyl groups excluding tert-OH is 1. The Labute approximate surface area is 158 Å². The van der Waals surface area contributed by atoms with Crippen LogP contribution in [-0.2, 0) is 9.59 Å². The molecule has 1 aromatic heterocycles. The molecule has 1 N–H and O–H groups in total. The number of rotatable bonds is 4. The van der Waals surface area contributed by atoms with E-state index in [0.29, 0.717) is 17.0 Å². The summed E-state index contributed by atoms with van der Waals surface area (Å²) < 4.78 is 5.40. The molecule has 1 unspecified atom stereocenters. The first-order chi connectivity index (χ1) is 12.8. The molecule has 1 amide bonds. The third kappa shape index (κ3) is 3.18. The van der Waals surface area contributed by atoms with E-state index in [1.807, 2.05) is 0 Å². The summed E-state index contributed by atoms with van der Waals surface area (Å²) in [5.41, 5.74) is 0.492. The minimum Gasteiger partial charge on any atom is -0.503 e. The molecule has 6 nitrogen and oxygen atoms in total. The first-order valence-corrected chi connectivity index (χ1v) is 8.61.